The summed E-state index contributed by atoms with van der Waals surface area (Å²) in [5, 5.41) is 18.8. The second kappa shape index (κ2) is 10.1. The molecule has 0 heterocycles. The molecule has 2 rings (SSSR count). The molecule has 26 heavy (non-hydrogen) atoms. The van der Waals surface area contributed by atoms with Gasteiger partial charge in [-0.15, -0.1) is 0 Å². The Morgan fingerprint density at radius 1 is 0.769 bits per heavy atom. The molecule has 140 valence electrons. The van der Waals surface area contributed by atoms with E-state index in [4.69, 9.17) is 0 Å². The van der Waals surface area contributed by atoms with Gasteiger partial charge in [0.15, 0.2) is 0 Å². The third-order valence-corrected chi connectivity index (χ3v) is 3.75. The Morgan fingerprint density at radius 3 is 1.77 bits per heavy atom. The number of rotatable bonds is 4. The molecule has 0 aliphatic rings. The number of aryl methyl sites for hydroxylation is 2. The quantitative estimate of drug-likeness (QED) is 0.811. The van der Waals surface area contributed by atoms with Crippen LogP contribution in [-0.2, 0) is 22.3 Å². The van der Waals surface area contributed by atoms with Gasteiger partial charge >= 0.3 is 11.9 Å². The molecule has 6 heteroatoms. The Morgan fingerprint density at radius 2 is 1.27 bits per heavy atom. The predicted octanol–water partition coefficient (Wildman–Crippen LogP) is 3.48. The van der Waals surface area contributed by atoms with Crippen LogP contribution in [0.15, 0.2) is 36.4 Å². The average Bonchev–Trinajstić information content (AvgIpc) is 2.67. The number of phenolic OH excluding ortho intramolecular Hbond substituents is 2. The van der Waals surface area contributed by atoms with Crippen LogP contribution in [0.4, 0.5) is 0 Å². The molecule has 0 aliphatic heterocycles. The highest BCUT2D eigenvalue weighted by Crippen LogP contribution is 2.20. The summed E-state index contributed by atoms with van der Waals surface area (Å²) >= 11 is 0. The summed E-state index contributed by atoms with van der Waals surface area (Å²) in [6, 6.07) is 9.87. The van der Waals surface area contributed by atoms with Crippen molar-refractivity contribution >= 4 is 11.9 Å². The minimum atomic E-state index is -0.514. The molecule has 2 N–H and O–H groups in total. The first-order valence-corrected chi connectivity index (χ1v) is 8.18. The Hall–Kier alpha value is -3.02. The highest BCUT2D eigenvalue weighted by Gasteiger charge is 2.11. The highest BCUT2D eigenvalue weighted by atomic mass is 16.5. The molecule has 6 nitrogen and oxygen atoms in total. The molecule has 0 saturated carbocycles. The molecular weight excluding hydrogens is 336 g/mol. The standard InChI is InChI=1S/2C10H12O3/c1-3-7-4-5-9(11)8(6-7)10(12)13-2;1-3-7-4-5-8(9(11)6-7)10(12)13-2/h2*4-6,11H,3H2,1-2H3. The number of hydrogen-bond donors (Lipinski definition) is 2. The topological polar surface area (TPSA) is 93.1 Å². The maximum Gasteiger partial charge on any atom is 0.341 e. The first kappa shape index (κ1) is 21.0. The number of carbonyl (C=O) groups excluding carboxylic acids is 2. The van der Waals surface area contributed by atoms with Gasteiger partial charge in [-0.05, 0) is 48.2 Å². The van der Waals surface area contributed by atoms with Crippen LogP contribution in [-0.4, -0.2) is 36.4 Å². The molecule has 0 amide bonds. The number of esters is 2. The molecule has 0 unspecified atom stereocenters. The third-order valence-electron chi connectivity index (χ3n) is 3.75. The van der Waals surface area contributed by atoms with Gasteiger partial charge in [-0.1, -0.05) is 26.0 Å². The largest absolute Gasteiger partial charge is 0.507 e. The van der Waals surface area contributed by atoms with Crippen LogP contribution in [0.5, 0.6) is 11.5 Å². The van der Waals surface area contributed by atoms with Gasteiger partial charge in [0.25, 0.3) is 0 Å². The van der Waals surface area contributed by atoms with Crippen molar-refractivity contribution < 1.29 is 29.3 Å². The van der Waals surface area contributed by atoms with Gasteiger partial charge in [-0.3, -0.25) is 0 Å². The van der Waals surface area contributed by atoms with Crippen LogP contribution < -0.4 is 0 Å². The lowest BCUT2D eigenvalue weighted by molar-refractivity contribution is 0.0588. The van der Waals surface area contributed by atoms with Gasteiger partial charge in [0.2, 0.25) is 0 Å². The fraction of sp³-hybridized carbons (Fsp3) is 0.300. The van der Waals surface area contributed by atoms with Crippen molar-refractivity contribution in [3.8, 4) is 11.5 Å². The van der Waals surface area contributed by atoms with Crippen LogP contribution in [0.1, 0.15) is 45.7 Å². The number of carbonyl (C=O) groups is 2. The van der Waals surface area contributed by atoms with Crippen molar-refractivity contribution in [3.63, 3.8) is 0 Å². The van der Waals surface area contributed by atoms with E-state index in [2.05, 4.69) is 9.47 Å². The minimum absolute atomic E-state index is 0.0220. The second-order valence-electron chi connectivity index (χ2n) is 5.39. The van der Waals surface area contributed by atoms with Crippen LogP contribution in [0.3, 0.4) is 0 Å². The van der Waals surface area contributed by atoms with E-state index in [0.29, 0.717) is 0 Å². The lowest BCUT2D eigenvalue weighted by Crippen LogP contribution is -2.02. The monoisotopic (exact) mass is 360 g/mol. The fourth-order valence-electron chi connectivity index (χ4n) is 2.16. The maximum atomic E-state index is 11.1. The Kier molecular flexibility index (Phi) is 8.15. The summed E-state index contributed by atoms with van der Waals surface area (Å²) in [6.07, 6.45) is 1.65. The second-order valence-corrected chi connectivity index (χ2v) is 5.39. The van der Waals surface area contributed by atoms with Gasteiger partial charge in [0.05, 0.1) is 14.2 Å². The third kappa shape index (κ3) is 5.51. The van der Waals surface area contributed by atoms with Crippen LogP contribution in [0.2, 0.25) is 0 Å². The normalized spacial score (nSPS) is 9.69. The maximum absolute atomic E-state index is 11.1. The highest BCUT2D eigenvalue weighted by molar-refractivity contribution is 5.92. The smallest absolute Gasteiger partial charge is 0.341 e. The average molecular weight is 360 g/mol. The first-order valence-electron chi connectivity index (χ1n) is 8.18. The molecule has 2 aromatic rings. The summed E-state index contributed by atoms with van der Waals surface area (Å²) in [7, 11) is 2.58. The van der Waals surface area contributed by atoms with E-state index in [9.17, 15) is 19.8 Å². The van der Waals surface area contributed by atoms with E-state index in [1.165, 1.54) is 20.3 Å². The molecule has 0 saturated heterocycles. The van der Waals surface area contributed by atoms with Crippen molar-refractivity contribution in [2.75, 3.05) is 14.2 Å². The zero-order chi connectivity index (χ0) is 19.7. The summed E-state index contributed by atoms with van der Waals surface area (Å²) < 4.78 is 9.01. The van der Waals surface area contributed by atoms with E-state index in [1.54, 1.807) is 30.3 Å². The molecule has 0 atom stereocenters. The van der Waals surface area contributed by atoms with Crippen LogP contribution >= 0.6 is 0 Å². The molecule has 0 spiro atoms. The first-order chi connectivity index (χ1) is 12.4. The summed E-state index contributed by atoms with van der Waals surface area (Å²) in [5.41, 5.74) is 2.42. The van der Waals surface area contributed by atoms with Crippen molar-refractivity contribution in [1.82, 2.24) is 0 Å². The zero-order valence-corrected chi connectivity index (χ0v) is 15.4. The summed E-state index contributed by atoms with van der Waals surface area (Å²) in [5.74, 6) is -1.08. The fourth-order valence-corrected chi connectivity index (χ4v) is 2.16. The predicted molar refractivity (Wildman–Crippen MR) is 97.6 cm³/mol. The van der Waals surface area contributed by atoms with E-state index < -0.39 is 11.9 Å². The van der Waals surface area contributed by atoms with Gasteiger partial charge < -0.3 is 19.7 Å². The van der Waals surface area contributed by atoms with Gasteiger partial charge in [0, 0.05) is 0 Å². The SMILES string of the molecule is CCc1ccc(C(=O)OC)c(O)c1.CCc1ccc(O)c(C(=O)OC)c1. The van der Waals surface area contributed by atoms with Gasteiger partial charge in [-0.25, -0.2) is 9.59 Å². The molecule has 0 fully saturated rings. The Bertz CT molecular complexity index is 767. The minimum Gasteiger partial charge on any atom is -0.507 e. The van der Waals surface area contributed by atoms with Gasteiger partial charge in [0.1, 0.15) is 22.6 Å². The number of methoxy groups -OCH3 is 2. The molecular formula is C20H24O6. The van der Waals surface area contributed by atoms with Crippen LogP contribution in [0, 0.1) is 0 Å². The summed E-state index contributed by atoms with van der Waals surface area (Å²) in [6.45, 7) is 3.96. The van der Waals surface area contributed by atoms with E-state index >= 15 is 0 Å². The molecule has 0 bridgehead atoms. The van der Waals surface area contributed by atoms with Crippen molar-refractivity contribution in [3.05, 3.63) is 58.7 Å². The van der Waals surface area contributed by atoms with Crippen molar-refractivity contribution in [1.29, 1.82) is 0 Å². The summed E-state index contributed by atoms with van der Waals surface area (Å²) in [4.78, 5) is 22.2. The number of benzene rings is 2. The zero-order valence-electron chi connectivity index (χ0n) is 15.4. The molecule has 0 aliphatic carbocycles. The van der Waals surface area contributed by atoms with Gasteiger partial charge in [-0.2, -0.15) is 0 Å². The molecule has 0 aromatic heterocycles. The van der Waals surface area contributed by atoms with E-state index in [1.807, 2.05) is 13.8 Å². The number of ether oxygens (including phenoxy) is 2. The molecule has 2 aromatic carbocycles. The van der Waals surface area contributed by atoms with E-state index in [-0.39, 0.29) is 22.6 Å². The lowest BCUT2D eigenvalue weighted by Gasteiger charge is -2.04. The number of hydrogen-bond acceptors (Lipinski definition) is 6. The number of phenols is 2. The Labute approximate surface area is 153 Å². The van der Waals surface area contributed by atoms with Crippen molar-refractivity contribution in [2.24, 2.45) is 0 Å². The number of aromatic hydroxyl groups is 2. The lowest BCUT2D eigenvalue weighted by atomic mass is 10.1. The van der Waals surface area contributed by atoms with E-state index in [0.717, 1.165) is 24.0 Å². The van der Waals surface area contributed by atoms with Crippen molar-refractivity contribution in [2.45, 2.75) is 26.7 Å². The Balaban J connectivity index is 0.000000260. The van der Waals surface area contributed by atoms with Crippen LogP contribution in [0.25, 0.3) is 0 Å². The molecule has 0 radical (unpaired) electrons.